The van der Waals surface area contributed by atoms with Gasteiger partial charge in [0.05, 0.1) is 0 Å². The van der Waals surface area contributed by atoms with Gasteiger partial charge in [-0.3, -0.25) is 18.7 Å². The van der Waals surface area contributed by atoms with Crippen LogP contribution in [0.5, 0.6) is 0 Å². The first kappa shape index (κ1) is 24.8. The van der Waals surface area contributed by atoms with Crippen LogP contribution in [0.2, 0.25) is 5.28 Å². The number of fused-ring (bicyclic) bond motifs is 1. The molecule has 0 aliphatic heterocycles. The molecule has 0 radical (unpaired) electrons. The van der Waals surface area contributed by atoms with E-state index in [1.165, 1.54) is 14.7 Å². The molecule has 3 rings (SSSR count). The van der Waals surface area contributed by atoms with E-state index in [-0.39, 0.29) is 28.9 Å². The summed E-state index contributed by atoms with van der Waals surface area (Å²) in [4.78, 5) is 45.0. The molecule has 33 heavy (non-hydrogen) atoms. The minimum atomic E-state index is -0.433. The highest BCUT2D eigenvalue weighted by atomic mass is 35.5. The number of benzene rings is 1. The van der Waals surface area contributed by atoms with Crippen LogP contribution in [0.4, 0.5) is 5.69 Å². The largest absolute Gasteiger partial charge is 0.332 e. The van der Waals surface area contributed by atoms with Gasteiger partial charge >= 0.3 is 5.69 Å². The van der Waals surface area contributed by atoms with Crippen LogP contribution in [0.3, 0.4) is 0 Å². The normalized spacial score (nSPS) is 11.2. The smallest absolute Gasteiger partial charge is 0.326 e. The zero-order chi connectivity index (χ0) is 23.8. The summed E-state index contributed by atoms with van der Waals surface area (Å²) in [6.07, 6.45) is 6.31. The summed E-state index contributed by atoms with van der Waals surface area (Å²) < 4.78 is 2.73. The Balaban J connectivity index is 1.62. The Bertz CT molecular complexity index is 1190. The number of nitrogens with zero attached hydrogens (tertiary/aromatic N) is 3. The van der Waals surface area contributed by atoms with E-state index >= 15 is 0 Å². The Kier molecular flexibility index (Phi) is 8.88. The van der Waals surface area contributed by atoms with Crippen molar-refractivity contribution in [1.82, 2.24) is 19.1 Å². The summed E-state index contributed by atoms with van der Waals surface area (Å²) in [7, 11) is 0. The van der Waals surface area contributed by atoms with Gasteiger partial charge in [0.2, 0.25) is 11.2 Å². The van der Waals surface area contributed by atoms with Gasteiger partial charge in [-0.05, 0) is 55.0 Å². The third-order valence-electron chi connectivity index (χ3n) is 5.63. The molecule has 0 fully saturated rings. The lowest BCUT2D eigenvalue weighted by atomic mass is 10.1. The molecule has 2 heterocycles. The molecule has 0 aliphatic carbocycles. The highest BCUT2D eigenvalue weighted by Crippen LogP contribution is 2.13. The van der Waals surface area contributed by atoms with Gasteiger partial charge in [0.15, 0.2) is 11.2 Å². The van der Waals surface area contributed by atoms with Gasteiger partial charge in [0.1, 0.15) is 0 Å². The van der Waals surface area contributed by atoms with Crippen molar-refractivity contribution >= 4 is 34.4 Å². The SMILES string of the molecule is CCCCCn1c(=O)n(CCCCC(=O)Nc2ccc(CCC)cc2)c(=O)c2[nH]c(Cl)nc21. The third-order valence-corrected chi connectivity index (χ3v) is 5.81. The first-order valence-corrected chi connectivity index (χ1v) is 12.1. The van der Waals surface area contributed by atoms with Crippen LogP contribution in [-0.4, -0.2) is 25.0 Å². The van der Waals surface area contributed by atoms with E-state index in [2.05, 4.69) is 29.1 Å². The highest BCUT2D eigenvalue weighted by Gasteiger charge is 2.16. The van der Waals surface area contributed by atoms with Crippen molar-refractivity contribution in [1.29, 1.82) is 0 Å². The number of rotatable bonds is 12. The van der Waals surface area contributed by atoms with Gasteiger partial charge in [0.25, 0.3) is 5.56 Å². The van der Waals surface area contributed by atoms with Crippen molar-refractivity contribution < 1.29 is 4.79 Å². The number of hydrogen-bond acceptors (Lipinski definition) is 4. The molecule has 1 amide bonds. The summed E-state index contributed by atoms with van der Waals surface area (Å²) in [6.45, 7) is 4.93. The van der Waals surface area contributed by atoms with Crippen LogP contribution in [0.15, 0.2) is 33.9 Å². The number of aromatic amines is 1. The molecule has 0 bridgehead atoms. The summed E-state index contributed by atoms with van der Waals surface area (Å²) in [5.74, 6) is -0.0848. The minimum absolute atomic E-state index is 0.0848. The molecule has 2 N–H and O–H groups in total. The van der Waals surface area contributed by atoms with Crippen molar-refractivity contribution in [3.05, 3.63) is 56.0 Å². The number of carbonyl (C=O) groups is 1. The lowest BCUT2D eigenvalue weighted by Gasteiger charge is -2.11. The molecular weight excluding hydrogens is 442 g/mol. The second kappa shape index (κ2) is 11.8. The standard InChI is InChI=1S/C24H32ClN5O3/c1-3-5-7-15-29-21-20(27-23(25)28-21)22(32)30(24(29)33)16-8-6-10-19(31)26-18-13-11-17(9-4-2)12-14-18/h11-14H,3-10,15-16H2,1-2H3,(H,26,31)(H,27,28). The predicted octanol–water partition coefficient (Wildman–Crippen LogP) is 4.49. The number of halogens is 1. The Labute approximate surface area is 198 Å². The molecule has 0 aliphatic rings. The Hall–Kier alpha value is -2.87. The number of amides is 1. The van der Waals surface area contributed by atoms with Crippen LogP contribution >= 0.6 is 11.6 Å². The Morgan fingerprint density at radius 3 is 2.39 bits per heavy atom. The van der Waals surface area contributed by atoms with Crippen LogP contribution in [0.1, 0.15) is 64.4 Å². The van der Waals surface area contributed by atoms with Gasteiger partial charge < -0.3 is 10.3 Å². The fraction of sp³-hybridized carbons (Fsp3) is 0.500. The molecule has 0 saturated heterocycles. The van der Waals surface area contributed by atoms with Crippen LogP contribution in [0, 0.1) is 0 Å². The first-order valence-electron chi connectivity index (χ1n) is 11.7. The number of imidazole rings is 1. The number of aromatic nitrogens is 4. The predicted molar refractivity (Wildman–Crippen MR) is 132 cm³/mol. The van der Waals surface area contributed by atoms with E-state index in [9.17, 15) is 14.4 Å². The topological polar surface area (TPSA) is 102 Å². The van der Waals surface area contributed by atoms with E-state index in [1.54, 1.807) is 0 Å². The Morgan fingerprint density at radius 1 is 1.00 bits per heavy atom. The molecular formula is C24H32ClN5O3. The van der Waals surface area contributed by atoms with E-state index in [1.807, 2.05) is 24.3 Å². The maximum atomic E-state index is 13.0. The highest BCUT2D eigenvalue weighted by molar-refractivity contribution is 6.28. The van der Waals surface area contributed by atoms with Gasteiger partial charge in [-0.15, -0.1) is 0 Å². The lowest BCUT2D eigenvalue weighted by molar-refractivity contribution is -0.116. The van der Waals surface area contributed by atoms with Gasteiger partial charge in [-0.25, -0.2) is 4.79 Å². The number of H-pyrrole nitrogens is 1. The molecule has 178 valence electrons. The molecule has 3 aromatic rings. The minimum Gasteiger partial charge on any atom is -0.326 e. The van der Waals surface area contributed by atoms with Gasteiger partial charge in [0, 0.05) is 25.2 Å². The lowest BCUT2D eigenvalue weighted by Crippen LogP contribution is -2.40. The number of carbonyl (C=O) groups excluding carboxylic acids is 1. The molecule has 2 aromatic heterocycles. The first-order chi connectivity index (χ1) is 15.9. The Morgan fingerprint density at radius 2 is 1.70 bits per heavy atom. The second-order valence-corrected chi connectivity index (χ2v) is 8.63. The third kappa shape index (κ3) is 6.35. The number of hydrogen-bond donors (Lipinski definition) is 2. The van der Waals surface area contributed by atoms with Crippen molar-refractivity contribution in [2.45, 2.75) is 78.3 Å². The van der Waals surface area contributed by atoms with Crippen LogP contribution < -0.4 is 16.6 Å². The average Bonchev–Trinajstić information content (AvgIpc) is 3.18. The van der Waals surface area contributed by atoms with Crippen LogP contribution in [-0.2, 0) is 24.3 Å². The van der Waals surface area contributed by atoms with E-state index in [0.29, 0.717) is 31.5 Å². The number of anilines is 1. The van der Waals surface area contributed by atoms with E-state index < -0.39 is 5.56 Å². The molecule has 0 atom stereocenters. The zero-order valence-electron chi connectivity index (χ0n) is 19.3. The van der Waals surface area contributed by atoms with Gasteiger partial charge in [-0.1, -0.05) is 45.2 Å². The van der Waals surface area contributed by atoms with Crippen molar-refractivity contribution in [3.63, 3.8) is 0 Å². The molecule has 1 aromatic carbocycles. The molecule has 0 unspecified atom stereocenters. The summed E-state index contributed by atoms with van der Waals surface area (Å²) >= 11 is 5.97. The maximum absolute atomic E-state index is 13.0. The quantitative estimate of drug-likeness (QED) is 0.299. The van der Waals surface area contributed by atoms with Crippen molar-refractivity contribution in [3.8, 4) is 0 Å². The fourth-order valence-corrected chi connectivity index (χ4v) is 4.05. The summed E-state index contributed by atoms with van der Waals surface area (Å²) in [6, 6.07) is 7.87. The molecule has 0 spiro atoms. The molecule has 8 nitrogen and oxygen atoms in total. The molecule has 9 heteroatoms. The zero-order valence-corrected chi connectivity index (χ0v) is 20.1. The van der Waals surface area contributed by atoms with Crippen molar-refractivity contribution in [2.75, 3.05) is 5.32 Å². The number of unbranched alkanes of at least 4 members (excludes halogenated alkanes) is 3. The second-order valence-electron chi connectivity index (χ2n) is 8.28. The summed E-state index contributed by atoms with van der Waals surface area (Å²) in [5.41, 5.74) is 1.73. The fourth-order valence-electron chi connectivity index (χ4n) is 3.88. The number of nitrogens with one attached hydrogen (secondary N) is 2. The molecule has 0 saturated carbocycles. The summed E-state index contributed by atoms with van der Waals surface area (Å²) in [5, 5.41) is 2.98. The monoisotopic (exact) mass is 473 g/mol. The van der Waals surface area contributed by atoms with E-state index in [4.69, 9.17) is 11.6 Å². The average molecular weight is 474 g/mol. The van der Waals surface area contributed by atoms with Crippen LogP contribution in [0.25, 0.3) is 11.2 Å². The van der Waals surface area contributed by atoms with E-state index in [0.717, 1.165) is 37.8 Å². The van der Waals surface area contributed by atoms with Crippen molar-refractivity contribution in [2.24, 2.45) is 0 Å². The number of aryl methyl sites for hydroxylation is 2. The maximum Gasteiger partial charge on any atom is 0.332 e. The van der Waals surface area contributed by atoms with Gasteiger partial charge in [-0.2, -0.15) is 4.98 Å².